The van der Waals surface area contributed by atoms with Crippen molar-refractivity contribution in [1.82, 2.24) is 0 Å². The minimum atomic E-state index is 0.406. The number of rotatable bonds is 8. The van der Waals surface area contributed by atoms with Crippen LogP contribution in [0.4, 0.5) is 0 Å². The lowest BCUT2D eigenvalue weighted by Crippen LogP contribution is -2.23. The van der Waals surface area contributed by atoms with Gasteiger partial charge in [0.2, 0.25) is 0 Å². The van der Waals surface area contributed by atoms with E-state index in [0.717, 1.165) is 24.8 Å². The van der Waals surface area contributed by atoms with Crippen molar-refractivity contribution in [1.29, 1.82) is 0 Å². The smallest absolute Gasteiger partial charge is 0.00772 e. The number of nitrogens with two attached hydrogens (primary N) is 1. The normalized spacial score (nSPS) is 15.1. The molecule has 0 bridgehead atoms. The van der Waals surface area contributed by atoms with Crippen molar-refractivity contribution < 1.29 is 0 Å². The summed E-state index contributed by atoms with van der Waals surface area (Å²) < 4.78 is 0. The van der Waals surface area contributed by atoms with E-state index in [2.05, 4.69) is 58.0 Å². The predicted molar refractivity (Wildman–Crippen MR) is 89.8 cm³/mol. The largest absolute Gasteiger partial charge is 0.330 e. The Balaban J connectivity index is 2.73. The fraction of sp³-hybridized carbons (Fsp3) is 0.684. The van der Waals surface area contributed by atoms with Gasteiger partial charge in [-0.2, -0.15) is 0 Å². The molecule has 0 radical (unpaired) electrons. The highest BCUT2D eigenvalue weighted by molar-refractivity contribution is 5.15. The van der Waals surface area contributed by atoms with Gasteiger partial charge in [0, 0.05) is 0 Å². The van der Waals surface area contributed by atoms with E-state index in [9.17, 15) is 0 Å². The quantitative estimate of drug-likeness (QED) is 0.706. The Labute approximate surface area is 126 Å². The monoisotopic (exact) mass is 275 g/mol. The molecule has 0 saturated heterocycles. The van der Waals surface area contributed by atoms with Crippen LogP contribution >= 0.6 is 0 Å². The third kappa shape index (κ3) is 6.56. The SMILES string of the molecule is CCC(Cc1ccccc1)C(CCCN)CC(C)(C)C. The number of hydrogen-bond donors (Lipinski definition) is 1. The molecule has 1 aromatic rings. The second kappa shape index (κ2) is 8.46. The zero-order valence-corrected chi connectivity index (χ0v) is 13.9. The molecule has 0 heterocycles. The molecule has 1 nitrogen and oxygen atoms in total. The summed E-state index contributed by atoms with van der Waals surface area (Å²) in [7, 11) is 0. The summed E-state index contributed by atoms with van der Waals surface area (Å²) >= 11 is 0. The van der Waals surface area contributed by atoms with E-state index in [1.165, 1.54) is 31.2 Å². The molecule has 0 saturated carbocycles. The molecule has 0 fully saturated rings. The molecule has 0 aliphatic carbocycles. The maximum Gasteiger partial charge on any atom is -0.00772 e. The maximum absolute atomic E-state index is 5.73. The first kappa shape index (κ1) is 17.2. The van der Waals surface area contributed by atoms with Crippen LogP contribution in [0.1, 0.15) is 58.9 Å². The molecule has 2 N–H and O–H groups in total. The Bertz CT molecular complexity index is 350. The van der Waals surface area contributed by atoms with Gasteiger partial charge in [-0.1, -0.05) is 64.4 Å². The summed E-state index contributed by atoms with van der Waals surface area (Å²) in [6, 6.07) is 10.9. The highest BCUT2D eigenvalue weighted by Crippen LogP contribution is 2.35. The van der Waals surface area contributed by atoms with E-state index >= 15 is 0 Å². The zero-order chi connectivity index (χ0) is 15.0. The Kier molecular flexibility index (Phi) is 7.29. The first-order valence-electron chi connectivity index (χ1n) is 8.20. The second-order valence-electron chi connectivity index (χ2n) is 7.31. The van der Waals surface area contributed by atoms with E-state index in [0.29, 0.717) is 5.41 Å². The first-order valence-corrected chi connectivity index (χ1v) is 8.20. The standard InChI is InChI=1S/C19H33N/c1-5-17(14-16-10-7-6-8-11-16)18(12-9-13-20)15-19(2,3)4/h6-8,10-11,17-18H,5,9,12-15,20H2,1-4H3. The Morgan fingerprint density at radius 3 is 2.20 bits per heavy atom. The molecule has 1 aromatic carbocycles. The third-order valence-corrected chi connectivity index (χ3v) is 4.19. The molecule has 0 amide bonds. The van der Waals surface area contributed by atoms with Crippen molar-refractivity contribution >= 4 is 0 Å². The van der Waals surface area contributed by atoms with Crippen LogP contribution in [-0.4, -0.2) is 6.54 Å². The summed E-state index contributed by atoms with van der Waals surface area (Å²) in [5.41, 5.74) is 7.62. The van der Waals surface area contributed by atoms with Gasteiger partial charge in [0.05, 0.1) is 0 Å². The van der Waals surface area contributed by atoms with Crippen LogP contribution in [0.5, 0.6) is 0 Å². The lowest BCUT2D eigenvalue weighted by Gasteiger charge is -2.32. The van der Waals surface area contributed by atoms with Crippen LogP contribution < -0.4 is 5.73 Å². The van der Waals surface area contributed by atoms with Gasteiger partial charge in [-0.05, 0) is 55.0 Å². The van der Waals surface area contributed by atoms with E-state index in [1.54, 1.807) is 0 Å². The van der Waals surface area contributed by atoms with Crippen LogP contribution in [0.2, 0.25) is 0 Å². The van der Waals surface area contributed by atoms with Gasteiger partial charge >= 0.3 is 0 Å². The second-order valence-corrected chi connectivity index (χ2v) is 7.31. The molecule has 2 atom stereocenters. The summed E-state index contributed by atoms with van der Waals surface area (Å²) in [5.74, 6) is 1.58. The van der Waals surface area contributed by atoms with Crippen LogP contribution in [0, 0.1) is 17.3 Å². The minimum absolute atomic E-state index is 0.406. The van der Waals surface area contributed by atoms with Gasteiger partial charge in [0.25, 0.3) is 0 Å². The average Bonchev–Trinajstić information content (AvgIpc) is 2.41. The highest BCUT2D eigenvalue weighted by Gasteiger charge is 2.25. The lowest BCUT2D eigenvalue weighted by molar-refractivity contribution is 0.202. The first-order chi connectivity index (χ1) is 9.46. The van der Waals surface area contributed by atoms with Crippen molar-refractivity contribution in [2.75, 3.05) is 6.54 Å². The molecule has 2 unspecified atom stereocenters. The summed E-state index contributed by atoms with van der Waals surface area (Å²) in [5, 5.41) is 0. The van der Waals surface area contributed by atoms with Gasteiger partial charge in [-0.15, -0.1) is 0 Å². The minimum Gasteiger partial charge on any atom is -0.330 e. The molecule has 0 aliphatic rings. The molecular weight excluding hydrogens is 242 g/mol. The summed E-state index contributed by atoms with van der Waals surface area (Å²) in [6.45, 7) is 10.2. The molecule has 114 valence electrons. The lowest BCUT2D eigenvalue weighted by atomic mass is 9.73. The van der Waals surface area contributed by atoms with Crippen LogP contribution in [0.25, 0.3) is 0 Å². The maximum atomic E-state index is 5.73. The van der Waals surface area contributed by atoms with E-state index in [-0.39, 0.29) is 0 Å². The van der Waals surface area contributed by atoms with Gasteiger partial charge in [0.1, 0.15) is 0 Å². The Hall–Kier alpha value is -0.820. The molecule has 1 heteroatoms. The van der Waals surface area contributed by atoms with Crippen molar-refractivity contribution in [3.63, 3.8) is 0 Å². The average molecular weight is 275 g/mol. The van der Waals surface area contributed by atoms with Crippen molar-refractivity contribution in [2.24, 2.45) is 23.0 Å². The molecular formula is C19H33N. The van der Waals surface area contributed by atoms with Gasteiger partial charge < -0.3 is 5.73 Å². The summed E-state index contributed by atoms with van der Waals surface area (Å²) in [6.07, 6.45) is 6.21. The molecule has 0 aromatic heterocycles. The van der Waals surface area contributed by atoms with E-state index in [4.69, 9.17) is 5.73 Å². The van der Waals surface area contributed by atoms with Gasteiger partial charge in [0.15, 0.2) is 0 Å². The molecule has 20 heavy (non-hydrogen) atoms. The number of benzene rings is 1. The topological polar surface area (TPSA) is 26.0 Å². The molecule has 0 spiro atoms. The Morgan fingerprint density at radius 2 is 1.70 bits per heavy atom. The number of hydrogen-bond acceptors (Lipinski definition) is 1. The third-order valence-electron chi connectivity index (χ3n) is 4.19. The van der Waals surface area contributed by atoms with Crippen molar-refractivity contribution in [2.45, 2.75) is 59.8 Å². The van der Waals surface area contributed by atoms with Crippen LogP contribution in [0.3, 0.4) is 0 Å². The van der Waals surface area contributed by atoms with Crippen molar-refractivity contribution in [3.05, 3.63) is 35.9 Å². The summed E-state index contributed by atoms with van der Waals surface area (Å²) in [4.78, 5) is 0. The highest BCUT2D eigenvalue weighted by atomic mass is 14.5. The Morgan fingerprint density at radius 1 is 1.05 bits per heavy atom. The zero-order valence-electron chi connectivity index (χ0n) is 13.9. The van der Waals surface area contributed by atoms with Gasteiger partial charge in [-0.25, -0.2) is 0 Å². The van der Waals surface area contributed by atoms with Crippen molar-refractivity contribution in [3.8, 4) is 0 Å². The fourth-order valence-electron chi connectivity index (χ4n) is 3.23. The predicted octanol–water partition coefficient (Wildman–Crippen LogP) is 5.05. The molecule has 1 rings (SSSR count). The van der Waals surface area contributed by atoms with E-state index < -0.39 is 0 Å². The fourth-order valence-corrected chi connectivity index (χ4v) is 3.23. The van der Waals surface area contributed by atoms with Crippen LogP contribution in [-0.2, 0) is 6.42 Å². The van der Waals surface area contributed by atoms with Gasteiger partial charge in [-0.3, -0.25) is 0 Å². The van der Waals surface area contributed by atoms with Crippen LogP contribution in [0.15, 0.2) is 30.3 Å². The van der Waals surface area contributed by atoms with E-state index in [1.807, 2.05) is 0 Å². The molecule has 0 aliphatic heterocycles.